The summed E-state index contributed by atoms with van der Waals surface area (Å²) in [5, 5.41) is 4.00. The minimum absolute atomic E-state index is 0.0703. The molecular formula is C27H33N3O4. The summed E-state index contributed by atoms with van der Waals surface area (Å²) in [4.78, 5) is 27.8. The van der Waals surface area contributed by atoms with Crippen LogP contribution >= 0.6 is 0 Å². The van der Waals surface area contributed by atoms with Crippen molar-refractivity contribution >= 4 is 28.4 Å². The summed E-state index contributed by atoms with van der Waals surface area (Å²) in [6.45, 7) is 8.13. The molecule has 2 heterocycles. The number of ether oxygens (including phenoxy) is 2. The second-order valence-electron chi connectivity index (χ2n) is 8.58. The van der Waals surface area contributed by atoms with E-state index in [1.807, 2.05) is 62.7 Å². The summed E-state index contributed by atoms with van der Waals surface area (Å²) < 4.78 is 13.2. The second kappa shape index (κ2) is 10.2. The van der Waals surface area contributed by atoms with Gasteiger partial charge in [0.2, 0.25) is 5.91 Å². The first-order valence-corrected chi connectivity index (χ1v) is 12.0. The Morgan fingerprint density at radius 2 is 1.82 bits per heavy atom. The van der Waals surface area contributed by atoms with Gasteiger partial charge in [-0.3, -0.25) is 9.59 Å². The quantitative estimate of drug-likeness (QED) is 0.511. The first-order valence-electron chi connectivity index (χ1n) is 12.0. The van der Waals surface area contributed by atoms with Gasteiger partial charge in [0.25, 0.3) is 5.91 Å². The normalized spacial score (nSPS) is 13.5. The molecule has 7 nitrogen and oxygen atoms in total. The summed E-state index contributed by atoms with van der Waals surface area (Å²) >= 11 is 0. The molecule has 0 bridgehead atoms. The number of hydrogen-bond donors (Lipinski definition) is 1. The predicted molar refractivity (Wildman–Crippen MR) is 134 cm³/mol. The van der Waals surface area contributed by atoms with Crippen LogP contribution in [0.15, 0.2) is 36.4 Å². The SMILES string of the molecule is CCOc1ccc(CCNC(=O)c2c(N3CCCC3=O)c3cc(C)ccc3n2C)cc1OCC. The van der Waals surface area contributed by atoms with Crippen LogP contribution in [0, 0.1) is 6.92 Å². The van der Waals surface area contributed by atoms with E-state index in [4.69, 9.17) is 9.47 Å². The highest BCUT2D eigenvalue weighted by atomic mass is 16.5. The maximum absolute atomic E-state index is 13.4. The van der Waals surface area contributed by atoms with E-state index >= 15 is 0 Å². The largest absolute Gasteiger partial charge is 0.490 e. The van der Waals surface area contributed by atoms with E-state index in [1.165, 1.54) is 0 Å². The van der Waals surface area contributed by atoms with Gasteiger partial charge in [-0.05, 0) is 63.4 Å². The van der Waals surface area contributed by atoms with E-state index in [0.29, 0.717) is 50.6 Å². The van der Waals surface area contributed by atoms with Gasteiger partial charge in [-0.15, -0.1) is 0 Å². The Morgan fingerprint density at radius 1 is 1.06 bits per heavy atom. The molecule has 1 saturated heterocycles. The van der Waals surface area contributed by atoms with Gasteiger partial charge in [0.05, 0.1) is 24.4 Å². The number of nitrogens with zero attached hydrogens (tertiary/aromatic N) is 2. The van der Waals surface area contributed by atoms with Crippen molar-refractivity contribution in [3.63, 3.8) is 0 Å². The molecule has 1 aromatic heterocycles. The van der Waals surface area contributed by atoms with Gasteiger partial charge in [0, 0.05) is 31.9 Å². The summed E-state index contributed by atoms with van der Waals surface area (Å²) in [6, 6.07) is 12.0. The van der Waals surface area contributed by atoms with Crippen LogP contribution in [0.25, 0.3) is 10.9 Å². The molecule has 1 fully saturated rings. The molecular weight excluding hydrogens is 430 g/mol. The van der Waals surface area contributed by atoms with Gasteiger partial charge in [-0.1, -0.05) is 17.7 Å². The van der Waals surface area contributed by atoms with Crippen LogP contribution in [0.2, 0.25) is 0 Å². The van der Waals surface area contributed by atoms with E-state index in [1.54, 1.807) is 4.90 Å². The zero-order valence-corrected chi connectivity index (χ0v) is 20.4. The Bertz CT molecular complexity index is 1210. The Labute approximate surface area is 200 Å². The molecule has 0 aliphatic carbocycles. The number of hydrogen-bond acceptors (Lipinski definition) is 4. The third-order valence-electron chi connectivity index (χ3n) is 6.19. The summed E-state index contributed by atoms with van der Waals surface area (Å²) in [6.07, 6.45) is 1.98. The van der Waals surface area contributed by atoms with Crippen molar-refractivity contribution in [3.8, 4) is 11.5 Å². The molecule has 1 aliphatic rings. The fraction of sp³-hybridized carbons (Fsp3) is 0.407. The Hall–Kier alpha value is -3.48. The molecule has 0 saturated carbocycles. The van der Waals surface area contributed by atoms with Gasteiger partial charge in [-0.2, -0.15) is 0 Å². The van der Waals surface area contributed by atoms with E-state index in [-0.39, 0.29) is 11.8 Å². The van der Waals surface area contributed by atoms with Gasteiger partial charge in [0.1, 0.15) is 5.69 Å². The lowest BCUT2D eigenvalue weighted by atomic mass is 10.1. The first-order chi connectivity index (χ1) is 16.4. The number of anilines is 1. The smallest absolute Gasteiger partial charge is 0.270 e. The number of fused-ring (bicyclic) bond motifs is 1. The Kier molecular flexibility index (Phi) is 7.10. The van der Waals surface area contributed by atoms with Crippen LogP contribution in [0.1, 0.15) is 48.3 Å². The number of carbonyl (C=O) groups excluding carboxylic acids is 2. The third-order valence-corrected chi connectivity index (χ3v) is 6.19. The summed E-state index contributed by atoms with van der Waals surface area (Å²) in [5.41, 5.74) is 4.34. The molecule has 2 aromatic carbocycles. The highest BCUT2D eigenvalue weighted by molar-refractivity contribution is 6.14. The lowest BCUT2D eigenvalue weighted by Gasteiger charge is -2.18. The lowest BCUT2D eigenvalue weighted by molar-refractivity contribution is -0.117. The van der Waals surface area contributed by atoms with Crippen LogP contribution in [0.3, 0.4) is 0 Å². The van der Waals surface area contributed by atoms with Crippen molar-refractivity contribution in [2.75, 3.05) is 31.2 Å². The lowest BCUT2D eigenvalue weighted by Crippen LogP contribution is -2.31. The Morgan fingerprint density at radius 3 is 2.53 bits per heavy atom. The van der Waals surface area contributed by atoms with Crippen molar-refractivity contribution in [3.05, 3.63) is 53.2 Å². The molecule has 0 radical (unpaired) electrons. The van der Waals surface area contributed by atoms with Gasteiger partial charge in [0.15, 0.2) is 11.5 Å². The molecule has 0 spiro atoms. The minimum Gasteiger partial charge on any atom is -0.490 e. The average molecular weight is 464 g/mol. The van der Waals surface area contributed by atoms with Crippen LogP contribution in [0.5, 0.6) is 11.5 Å². The molecule has 1 N–H and O–H groups in total. The third kappa shape index (κ3) is 4.60. The number of aryl methyl sites for hydroxylation is 2. The van der Waals surface area contributed by atoms with Crippen LogP contribution in [-0.4, -0.2) is 42.7 Å². The number of carbonyl (C=O) groups is 2. The van der Waals surface area contributed by atoms with E-state index in [0.717, 1.165) is 39.9 Å². The van der Waals surface area contributed by atoms with Crippen molar-refractivity contribution in [2.45, 2.75) is 40.0 Å². The van der Waals surface area contributed by atoms with Gasteiger partial charge >= 0.3 is 0 Å². The average Bonchev–Trinajstić information content (AvgIpc) is 3.35. The fourth-order valence-corrected chi connectivity index (χ4v) is 4.61. The molecule has 0 unspecified atom stereocenters. The molecule has 3 aromatic rings. The fourth-order valence-electron chi connectivity index (χ4n) is 4.61. The van der Waals surface area contributed by atoms with Crippen LogP contribution in [-0.2, 0) is 18.3 Å². The van der Waals surface area contributed by atoms with Crippen molar-refractivity contribution in [1.82, 2.24) is 9.88 Å². The number of benzene rings is 2. The highest BCUT2D eigenvalue weighted by Gasteiger charge is 2.31. The van der Waals surface area contributed by atoms with E-state index < -0.39 is 0 Å². The van der Waals surface area contributed by atoms with E-state index in [2.05, 4.69) is 11.4 Å². The summed E-state index contributed by atoms with van der Waals surface area (Å²) in [7, 11) is 1.89. The number of nitrogens with one attached hydrogen (secondary N) is 1. The maximum Gasteiger partial charge on any atom is 0.270 e. The van der Waals surface area contributed by atoms with Crippen molar-refractivity contribution < 1.29 is 19.1 Å². The molecule has 4 rings (SSSR count). The zero-order chi connectivity index (χ0) is 24.2. The molecule has 0 atom stereocenters. The van der Waals surface area contributed by atoms with Crippen molar-refractivity contribution in [2.24, 2.45) is 7.05 Å². The van der Waals surface area contributed by atoms with Gasteiger partial charge in [-0.25, -0.2) is 0 Å². The monoisotopic (exact) mass is 463 g/mol. The molecule has 180 valence electrons. The summed E-state index contributed by atoms with van der Waals surface area (Å²) in [5.74, 6) is 1.33. The van der Waals surface area contributed by atoms with Crippen LogP contribution in [0.4, 0.5) is 5.69 Å². The molecule has 2 amide bonds. The number of rotatable bonds is 9. The highest BCUT2D eigenvalue weighted by Crippen LogP contribution is 2.36. The molecule has 34 heavy (non-hydrogen) atoms. The standard InChI is InChI=1S/C27H33N3O4/c1-5-33-22-12-10-19(17-23(22)34-6-2)13-14-28-27(32)26-25(30-15-7-8-24(30)31)20-16-18(3)9-11-21(20)29(26)4/h9-12,16-17H,5-8,13-15H2,1-4H3,(H,28,32). The first kappa shape index (κ1) is 23.7. The van der Waals surface area contributed by atoms with E-state index in [9.17, 15) is 9.59 Å². The second-order valence-corrected chi connectivity index (χ2v) is 8.58. The Balaban J connectivity index is 1.56. The van der Waals surface area contributed by atoms with Crippen molar-refractivity contribution in [1.29, 1.82) is 0 Å². The van der Waals surface area contributed by atoms with Gasteiger partial charge < -0.3 is 24.3 Å². The number of amides is 2. The van der Waals surface area contributed by atoms with Crippen LogP contribution < -0.4 is 19.7 Å². The topological polar surface area (TPSA) is 72.8 Å². The maximum atomic E-state index is 13.4. The minimum atomic E-state index is -0.179. The number of aromatic nitrogens is 1. The predicted octanol–water partition coefficient (Wildman–Crippen LogP) is 4.38. The zero-order valence-electron chi connectivity index (χ0n) is 20.4. The molecule has 1 aliphatic heterocycles. The molecule has 7 heteroatoms.